The fourth-order valence-electron chi connectivity index (χ4n) is 6.55. The van der Waals surface area contributed by atoms with E-state index in [4.69, 9.17) is 9.47 Å². The summed E-state index contributed by atoms with van der Waals surface area (Å²) in [5.74, 6) is 0.968. The van der Waals surface area contributed by atoms with Crippen LogP contribution in [0.15, 0.2) is 6.07 Å². The van der Waals surface area contributed by atoms with Crippen LogP contribution in [0.1, 0.15) is 66.7 Å². The Morgan fingerprint density at radius 1 is 1.21 bits per heavy atom. The van der Waals surface area contributed by atoms with Crippen LogP contribution in [0.2, 0.25) is 0 Å². The van der Waals surface area contributed by atoms with Gasteiger partial charge in [0.05, 0.1) is 5.41 Å². The van der Waals surface area contributed by atoms with Crippen LogP contribution in [-0.4, -0.2) is 41.0 Å². The molecule has 2 atom stereocenters. The molecular weight excluding hydrogens is 434 g/mol. The highest BCUT2D eigenvalue weighted by Gasteiger charge is 2.60. The number of carbonyl (C=O) groups excluding carboxylic acids is 2. The molecule has 6 heteroatoms. The van der Waals surface area contributed by atoms with Gasteiger partial charge in [0.2, 0.25) is 5.78 Å². The fourth-order valence-corrected chi connectivity index (χ4v) is 8.00. The maximum Gasteiger partial charge on any atom is 0.312 e. The highest BCUT2D eigenvalue weighted by molar-refractivity contribution is 9.10. The number of ether oxygens (including phenoxy) is 2. The number of ketones is 1. The third-order valence-electron chi connectivity index (χ3n) is 7.36. The molecule has 29 heavy (non-hydrogen) atoms. The highest BCUT2D eigenvalue weighted by Crippen LogP contribution is 2.64. The predicted molar refractivity (Wildman–Crippen MR) is 114 cm³/mol. The fraction of sp³-hybridized carbons (Fsp3) is 0.739. The van der Waals surface area contributed by atoms with Crippen molar-refractivity contribution < 1.29 is 19.1 Å². The Morgan fingerprint density at radius 2 is 1.90 bits per heavy atom. The normalized spacial score (nSPS) is 32.6. The molecule has 2 unspecified atom stereocenters. The molecule has 0 aliphatic heterocycles. The molecule has 5 rings (SSSR count). The first-order valence-electron chi connectivity index (χ1n) is 10.8. The number of hydrogen-bond acceptors (Lipinski definition) is 4. The number of carbonyl (C=O) groups is 2. The van der Waals surface area contributed by atoms with Crippen molar-refractivity contribution in [2.24, 2.45) is 17.3 Å². The summed E-state index contributed by atoms with van der Waals surface area (Å²) in [6.45, 7) is 5.32. The van der Waals surface area contributed by atoms with Gasteiger partial charge >= 0.3 is 5.97 Å². The number of methoxy groups -OCH3 is 1. The van der Waals surface area contributed by atoms with Gasteiger partial charge in [-0.25, -0.2) is 0 Å². The van der Waals surface area contributed by atoms with Crippen molar-refractivity contribution in [2.75, 3.05) is 20.3 Å². The van der Waals surface area contributed by atoms with E-state index in [1.807, 2.05) is 19.9 Å². The van der Waals surface area contributed by atoms with Gasteiger partial charge in [-0.3, -0.25) is 9.59 Å². The number of hydrogen-bond donors (Lipinski definition) is 0. The summed E-state index contributed by atoms with van der Waals surface area (Å²) in [4.78, 5) is 25.9. The average Bonchev–Trinajstić information content (AvgIpc) is 2.92. The minimum absolute atomic E-state index is 0.104. The molecule has 4 fully saturated rings. The zero-order valence-electron chi connectivity index (χ0n) is 17.8. The molecule has 0 radical (unpaired) electrons. The van der Waals surface area contributed by atoms with Crippen molar-refractivity contribution in [3.8, 4) is 0 Å². The number of rotatable bonds is 8. The Hall–Kier alpha value is -1.14. The van der Waals surface area contributed by atoms with Crippen LogP contribution in [0, 0.1) is 31.1 Å². The Kier molecular flexibility index (Phi) is 5.71. The van der Waals surface area contributed by atoms with Gasteiger partial charge in [0, 0.05) is 41.5 Å². The maximum atomic E-state index is 13.1. The summed E-state index contributed by atoms with van der Waals surface area (Å²) < 4.78 is 13.0. The van der Waals surface area contributed by atoms with E-state index in [1.165, 1.54) is 19.3 Å². The van der Waals surface area contributed by atoms with Crippen LogP contribution >= 0.6 is 15.9 Å². The molecule has 1 heterocycles. The lowest BCUT2D eigenvalue weighted by Gasteiger charge is -2.58. The summed E-state index contributed by atoms with van der Waals surface area (Å²) >= 11 is 3.94. The van der Waals surface area contributed by atoms with Gasteiger partial charge in [0.25, 0.3) is 0 Å². The number of esters is 1. The molecule has 4 aliphatic carbocycles. The van der Waals surface area contributed by atoms with Crippen molar-refractivity contribution >= 4 is 27.7 Å². The zero-order chi connectivity index (χ0) is 20.8. The van der Waals surface area contributed by atoms with Gasteiger partial charge in [0.1, 0.15) is 0 Å². The topological polar surface area (TPSA) is 57.5 Å². The summed E-state index contributed by atoms with van der Waals surface area (Å²) in [7, 11) is 1.69. The molecule has 0 amide bonds. The lowest BCUT2D eigenvalue weighted by molar-refractivity contribution is -0.168. The second-order valence-corrected chi connectivity index (χ2v) is 11.4. The van der Waals surface area contributed by atoms with E-state index in [1.54, 1.807) is 7.11 Å². The molecular formula is C23H32BrNO4. The van der Waals surface area contributed by atoms with E-state index in [-0.39, 0.29) is 28.1 Å². The standard InChI is InChI=1S/C23H32BrNO4/c1-15-7-19(16(2)25(15)5-4-6-28-3)20(26)13-29-21(27)22-9-17-8-18(10-22)12-23(24,11-17)14-22/h7,17-18H,4-6,8-14H2,1-3H3. The third kappa shape index (κ3) is 3.95. The van der Waals surface area contributed by atoms with Gasteiger partial charge in [-0.15, -0.1) is 0 Å². The van der Waals surface area contributed by atoms with Crippen molar-refractivity contribution in [2.45, 2.75) is 69.7 Å². The maximum absolute atomic E-state index is 13.1. The summed E-state index contributed by atoms with van der Waals surface area (Å²) in [6.07, 6.45) is 7.20. The monoisotopic (exact) mass is 465 g/mol. The number of aromatic nitrogens is 1. The first-order chi connectivity index (χ1) is 13.8. The van der Waals surface area contributed by atoms with Crippen LogP contribution in [0.5, 0.6) is 0 Å². The van der Waals surface area contributed by atoms with Gasteiger partial charge in [-0.1, -0.05) is 15.9 Å². The second kappa shape index (κ2) is 7.84. The number of aryl methyl sites for hydroxylation is 1. The molecule has 0 spiro atoms. The number of alkyl halides is 1. The minimum Gasteiger partial charge on any atom is -0.457 e. The van der Waals surface area contributed by atoms with E-state index in [0.717, 1.165) is 43.6 Å². The first-order valence-corrected chi connectivity index (χ1v) is 11.6. The second-order valence-electron chi connectivity index (χ2n) is 9.67. The van der Waals surface area contributed by atoms with Gasteiger partial charge in [-0.2, -0.15) is 0 Å². The molecule has 1 aromatic rings. The summed E-state index contributed by atoms with van der Waals surface area (Å²) in [6, 6.07) is 1.91. The van der Waals surface area contributed by atoms with Crippen molar-refractivity contribution in [3.05, 3.63) is 23.0 Å². The molecule has 4 bridgehead atoms. The Bertz CT molecular complexity index is 800. The number of Topliss-reactive ketones (excluding diaryl/α,β-unsaturated/α-hetero) is 1. The van der Waals surface area contributed by atoms with Gasteiger partial charge in [-0.05, 0) is 76.7 Å². The molecule has 4 aliphatic rings. The van der Waals surface area contributed by atoms with Crippen LogP contribution in [0.4, 0.5) is 0 Å². The minimum atomic E-state index is -0.384. The highest BCUT2D eigenvalue weighted by atomic mass is 79.9. The summed E-state index contributed by atoms with van der Waals surface area (Å²) in [5, 5.41) is 0. The number of nitrogens with zero attached hydrogens (tertiary/aromatic N) is 1. The van der Waals surface area contributed by atoms with E-state index in [9.17, 15) is 9.59 Å². The number of halogens is 1. The van der Waals surface area contributed by atoms with Crippen molar-refractivity contribution in [3.63, 3.8) is 0 Å². The Morgan fingerprint density at radius 3 is 2.52 bits per heavy atom. The van der Waals surface area contributed by atoms with Crippen LogP contribution in [0.3, 0.4) is 0 Å². The molecule has 1 aromatic heterocycles. The molecule has 160 valence electrons. The van der Waals surface area contributed by atoms with E-state index in [0.29, 0.717) is 24.0 Å². The zero-order valence-corrected chi connectivity index (χ0v) is 19.3. The SMILES string of the molecule is COCCCn1c(C)cc(C(=O)COC(=O)C23CC4CC(CC(Br)(C4)C2)C3)c1C. The largest absolute Gasteiger partial charge is 0.457 e. The van der Waals surface area contributed by atoms with E-state index in [2.05, 4.69) is 20.5 Å². The first kappa shape index (κ1) is 21.1. The van der Waals surface area contributed by atoms with Crippen molar-refractivity contribution in [1.82, 2.24) is 4.57 Å². The lowest BCUT2D eigenvalue weighted by atomic mass is 9.49. The van der Waals surface area contributed by atoms with Crippen LogP contribution in [-0.2, 0) is 20.8 Å². The van der Waals surface area contributed by atoms with Crippen LogP contribution < -0.4 is 0 Å². The lowest BCUT2D eigenvalue weighted by Crippen LogP contribution is -2.56. The van der Waals surface area contributed by atoms with E-state index >= 15 is 0 Å². The van der Waals surface area contributed by atoms with Gasteiger partial charge < -0.3 is 14.0 Å². The average molecular weight is 466 g/mol. The molecule has 0 aromatic carbocycles. The predicted octanol–water partition coefficient (Wildman–Crippen LogP) is 4.60. The van der Waals surface area contributed by atoms with Gasteiger partial charge in [0.15, 0.2) is 6.61 Å². The molecule has 4 saturated carbocycles. The summed E-state index contributed by atoms with van der Waals surface area (Å²) in [5.41, 5.74) is 2.27. The molecule has 5 nitrogen and oxygen atoms in total. The Labute approximate surface area is 181 Å². The molecule has 0 saturated heterocycles. The van der Waals surface area contributed by atoms with Crippen molar-refractivity contribution in [1.29, 1.82) is 0 Å². The van der Waals surface area contributed by atoms with Crippen LogP contribution in [0.25, 0.3) is 0 Å². The quantitative estimate of drug-likeness (QED) is 0.243. The smallest absolute Gasteiger partial charge is 0.312 e. The molecule has 0 N–H and O–H groups in total. The third-order valence-corrected chi connectivity index (χ3v) is 8.29. The Balaban J connectivity index is 1.40. The van der Waals surface area contributed by atoms with E-state index < -0.39 is 0 Å².